The number of aromatic nitrogens is 1. The highest BCUT2D eigenvalue weighted by Gasteiger charge is 2.49. The van der Waals surface area contributed by atoms with Crippen LogP contribution in [0, 0.1) is 5.92 Å². The molecular weight excluding hydrogens is 793 g/mol. The zero-order valence-corrected chi connectivity index (χ0v) is 38.2. The number of likely N-dealkylation sites (tertiary alicyclic amines) is 1. The van der Waals surface area contributed by atoms with Crippen LogP contribution in [0.15, 0.2) is 120 Å². The molecule has 5 aromatic rings. The third kappa shape index (κ3) is 11.4. The molecule has 0 bridgehead atoms. The zero-order valence-electron chi connectivity index (χ0n) is 37.2. The molecule has 1 aromatic heterocycles. The van der Waals surface area contributed by atoms with E-state index in [1.165, 1.54) is 0 Å². The summed E-state index contributed by atoms with van der Waals surface area (Å²) < 4.78 is 13.3. The van der Waals surface area contributed by atoms with Crippen molar-refractivity contribution < 1.29 is 18.8 Å². The number of hydrogen-bond donors (Lipinski definition) is 5. The SMILES string of the molecule is CC(C)(C)[Si](C)(C)OC(CNCCCCCNC(=O)NCCN1CCC(C(C(N)=O)(c2ccccc2)c2ccccc2)C1)c1ccc(OCc2ccccc2)c2[nH]c(=O)ccc12. The molecule has 0 radical (unpaired) electrons. The lowest BCUT2D eigenvalue weighted by Gasteiger charge is -2.39. The number of primary amides is 1. The fraction of sp³-hybridized carbons (Fsp3) is 0.420. The number of pyridine rings is 1. The number of benzene rings is 4. The van der Waals surface area contributed by atoms with E-state index >= 15 is 0 Å². The summed E-state index contributed by atoms with van der Waals surface area (Å²) >= 11 is 0. The number of urea groups is 1. The topological polar surface area (TPSA) is 151 Å². The summed E-state index contributed by atoms with van der Waals surface area (Å²) in [5.41, 5.74) is 9.71. The van der Waals surface area contributed by atoms with Gasteiger partial charge in [0.15, 0.2) is 8.32 Å². The van der Waals surface area contributed by atoms with Crippen LogP contribution in [0.1, 0.15) is 74.8 Å². The summed E-state index contributed by atoms with van der Waals surface area (Å²) in [6.45, 7) is 16.4. The second-order valence-electron chi connectivity index (χ2n) is 18.0. The molecule has 62 heavy (non-hydrogen) atoms. The van der Waals surface area contributed by atoms with E-state index in [4.69, 9.17) is 14.9 Å². The number of fused-ring (bicyclic) bond motifs is 1. The van der Waals surface area contributed by atoms with Crippen LogP contribution < -0.4 is 32.0 Å². The Kier molecular flexibility index (Phi) is 15.8. The van der Waals surface area contributed by atoms with E-state index < -0.39 is 13.7 Å². The molecule has 330 valence electrons. The Bertz CT molecular complexity index is 2230. The highest BCUT2D eigenvalue weighted by Crippen LogP contribution is 2.44. The van der Waals surface area contributed by atoms with Crippen molar-refractivity contribution in [3.8, 4) is 5.75 Å². The number of ether oxygens (including phenoxy) is 1. The number of rotatable bonds is 21. The Labute approximate surface area is 368 Å². The lowest BCUT2D eigenvalue weighted by molar-refractivity contribution is -0.123. The predicted molar refractivity (Wildman–Crippen MR) is 252 cm³/mol. The Balaban J connectivity index is 0.953. The third-order valence-corrected chi connectivity index (χ3v) is 17.3. The molecule has 1 aliphatic rings. The molecule has 6 N–H and O–H groups in total. The fourth-order valence-corrected chi connectivity index (χ4v) is 9.70. The van der Waals surface area contributed by atoms with E-state index in [0.717, 1.165) is 66.4 Å². The first-order chi connectivity index (χ1) is 29.8. The summed E-state index contributed by atoms with van der Waals surface area (Å²) in [5, 5.41) is 10.6. The van der Waals surface area contributed by atoms with Crippen LogP contribution in [-0.4, -0.2) is 76.0 Å². The number of H-pyrrole nitrogens is 1. The van der Waals surface area contributed by atoms with Gasteiger partial charge in [-0.3, -0.25) is 9.59 Å². The monoisotopic (exact) mass is 858 g/mol. The second kappa shape index (κ2) is 21.2. The van der Waals surface area contributed by atoms with Gasteiger partial charge in [0, 0.05) is 44.2 Å². The van der Waals surface area contributed by atoms with Crippen LogP contribution in [0.4, 0.5) is 4.79 Å². The van der Waals surface area contributed by atoms with Crippen molar-refractivity contribution in [3.63, 3.8) is 0 Å². The van der Waals surface area contributed by atoms with Gasteiger partial charge in [-0.1, -0.05) is 124 Å². The van der Waals surface area contributed by atoms with Crippen molar-refractivity contribution in [2.24, 2.45) is 11.7 Å². The van der Waals surface area contributed by atoms with Crippen molar-refractivity contribution in [1.82, 2.24) is 25.8 Å². The summed E-state index contributed by atoms with van der Waals surface area (Å²) in [5.74, 6) is 0.297. The number of carbonyl (C=O) groups excluding carboxylic acids is 2. The summed E-state index contributed by atoms with van der Waals surface area (Å²) in [7, 11) is -2.19. The third-order valence-electron chi connectivity index (χ3n) is 12.8. The molecule has 1 aliphatic heterocycles. The molecule has 2 atom stereocenters. The van der Waals surface area contributed by atoms with E-state index in [0.29, 0.717) is 50.6 Å². The highest BCUT2D eigenvalue weighted by molar-refractivity contribution is 6.74. The van der Waals surface area contributed by atoms with Gasteiger partial charge in [0.05, 0.1) is 11.6 Å². The van der Waals surface area contributed by atoms with Gasteiger partial charge in [-0.05, 0) is 90.8 Å². The van der Waals surface area contributed by atoms with Crippen LogP contribution in [0.3, 0.4) is 0 Å². The van der Waals surface area contributed by atoms with E-state index in [2.05, 4.69) is 65.8 Å². The fourth-order valence-electron chi connectivity index (χ4n) is 8.42. The minimum absolute atomic E-state index is 0.00688. The van der Waals surface area contributed by atoms with Crippen molar-refractivity contribution in [3.05, 3.63) is 148 Å². The van der Waals surface area contributed by atoms with Crippen molar-refractivity contribution in [2.75, 3.05) is 45.8 Å². The number of aromatic amines is 1. The minimum atomic E-state index is -2.19. The average molecular weight is 859 g/mol. The first kappa shape index (κ1) is 46.2. The van der Waals surface area contributed by atoms with Crippen LogP contribution in [0.25, 0.3) is 10.9 Å². The molecule has 0 aliphatic carbocycles. The smallest absolute Gasteiger partial charge is 0.314 e. The van der Waals surface area contributed by atoms with Crippen LogP contribution in [0.2, 0.25) is 18.1 Å². The molecule has 12 heteroatoms. The summed E-state index contributed by atoms with van der Waals surface area (Å²) in [4.78, 5) is 44.0. The van der Waals surface area contributed by atoms with E-state index in [1.54, 1.807) is 6.07 Å². The van der Waals surface area contributed by atoms with Gasteiger partial charge in [0.2, 0.25) is 11.5 Å². The molecular formula is C50H66N6O5Si. The normalized spacial score (nSPS) is 15.3. The maximum atomic E-state index is 13.4. The minimum Gasteiger partial charge on any atom is -0.487 e. The molecule has 11 nitrogen and oxygen atoms in total. The lowest BCUT2D eigenvalue weighted by atomic mass is 9.64. The van der Waals surface area contributed by atoms with Crippen molar-refractivity contribution in [2.45, 2.75) is 82.7 Å². The molecule has 2 unspecified atom stereocenters. The molecule has 1 fully saturated rings. The van der Waals surface area contributed by atoms with Gasteiger partial charge in [-0.25, -0.2) is 4.79 Å². The van der Waals surface area contributed by atoms with E-state index in [9.17, 15) is 14.4 Å². The van der Waals surface area contributed by atoms with Gasteiger partial charge in [-0.15, -0.1) is 0 Å². The Morgan fingerprint density at radius 1 is 0.823 bits per heavy atom. The average Bonchev–Trinajstić information content (AvgIpc) is 3.73. The Morgan fingerprint density at radius 3 is 2.10 bits per heavy atom. The van der Waals surface area contributed by atoms with Gasteiger partial charge in [0.1, 0.15) is 17.8 Å². The lowest BCUT2D eigenvalue weighted by Crippen LogP contribution is -2.49. The first-order valence-electron chi connectivity index (χ1n) is 22.2. The van der Waals surface area contributed by atoms with Crippen molar-refractivity contribution in [1.29, 1.82) is 0 Å². The highest BCUT2D eigenvalue weighted by atomic mass is 28.4. The van der Waals surface area contributed by atoms with E-state index in [-0.39, 0.29) is 34.6 Å². The van der Waals surface area contributed by atoms with E-state index in [1.807, 2.05) is 103 Å². The molecule has 1 saturated heterocycles. The largest absolute Gasteiger partial charge is 0.487 e. The van der Waals surface area contributed by atoms with Gasteiger partial charge in [0.25, 0.3) is 0 Å². The maximum Gasteiger partial charge on any atom is 0.314 e. The Hall–Kier alpha value is -5.27. The van der Waals surface area contributed by atoms with Crippen LogP contribution in [0.5, 0.6) is 5.75 Å². The molecule has 3 amide bonds. The molecule has 0 saturated carbocycles. The number of nitrogens with one attached hydrogen (secondary N) is 4. The van der Waals surface area contributed by atoms with Crippen molar-refractivity contribution >= 4 is 31.2 Å². The molecule has 6 rings (SSSR count). The number of nitrogens with zero attached hydrogens (tertiary/aromatic N) is 1. The number of unbranched alkanes of at least 4 members (excludes halogenated alkanes) is 2. The van der Waals surface area contributed by atoms with Gasteiger partial charge in [-0.2, -0.15) is 0 Å². The summed E-state index contributed by atoms with van der Waals surface area (Å²) in [6, 6.07) is 37.0. The molecule has 0 spiro atoms. The Morgan fingerprint density at radius 2 is 1.45 bits per heavy atom. The number of nitrogens with two attached hydrogens (primary N) is 1. The van der Waals surface area contributed by atoms with Crippen LogP contribution >= 0.6 is 0 Å². The second-order valence-corrected chi connectivity index (χ2v) is 22.8. The molecule has 2 heterocycles. The van der Waals surface area contributed by atoms with Gasteiger partial charge < -0.3 is 40.7 Å². The number of hydrogen-bond acceptors (Lipinski definition) is 7. The zero-order chi connectivity index (χ0) is 44.2. The quantitative estimate of drug-likeness (QED) is 0.0371. The first-order valence-corrected chi connectivity index (χ1v) is 25.1. The number of amides is 3. The predicted octanol–water partition coefficient (Wildman–Crippen LogP) is 8.02. The standard InChI is InChI=1S/C50H66N6O5Si/c1-49(2,3)62(4,5)61-44(41-24-26-43(46-42(41)25-27-45(57)55-46)60-36-37-18-10-6-11-19-37)34-52-29-16-9-17-30-53-48(59)54-31-33-56-32-28-40(35-56)50(47(51)58,38-20-12-7-13-21-38)39-22-14-8-15-23-39/h6-8,10-15,18-27,40,44,52H,9,16-17,28-36H2,1-5H3,(H2,51,58)(H,55,57)(H2,53,54,59). The number of carbonyl (C=O) groups is 2. The van der Waals surface area contributed by atoms with Gasteiger partial charge >= 0.3 is 6.03 Å². The maximum absolute atomic E-state index is 13.4. The summed E-state index contributed by atoms with van der Waals surface area (Å²) in [6.07, 6.45) is 3.37. The van der Waals surface area contributed by atoms with Crippen LogP contribution in [-0.2, 0) is 21.2 Å². The molecule has 4 aromatic carbocycles.